The largest absolute Gasteiger partial charge is 0.329 e. The number of hydrogen-bond acceptors (Lipinski definition) is 2. The first kappa shape index (κ1) is 16.9. The average Bonchev–Trinajstić information content (AvgIpc) is 2.75. The Labute approximate surface area is 141 Å². The molecule has 0 aromatic heterocycles. The summed E-state index contributed by atoms with van der Waals surface area (Å²) in [5, 5.41) is 2.96. The normalized spacial score (nSPS) is 28.3. The van der Waals surface area contributed by atoms with Crippen LogP contribution in [-0.4, -0.2) is 36.1 Å². The third-order valence-electron chi connectivity index (χ3n) is 5.32. The Bertz CT molecular complexity index is 651. The van der Waals surface area contributed by atoms with E-state index in [0.29, 0.717) is 6.54 Å². The van der Waals surface area contributed by atoms with Crippen LogP contribution >= 0.6 is 0 Å². The number of hydrogen-bond donors (Lipinski definition) is 2. The summed E-state index contributed by atoms with van der Waals surface area (Å²) in [7, 11) is 1.90. The van der Waals surface area contributed by atoms with E-state index in [0.717, 1.165) is 36.1 Å². The van der Waals surface area contributed by atoms with Gasteiger partial charge in [0.2, 0.25) is 0 Å². The number of nitrogens with one attached hydrogen (secondary N) is 2. The summed E-state index contributed by atoms with van der Waals surface area (Å²) in [6.45, 7) is 2.89. The van der Waals surface area contributed by atoms with Crippen LogP contribution in [0.5, 0.6) is 0 Å². The van der Waals surface area contributed by atoms with Crippen LogP contribution in [0.1, 0.15) is 38.2 Å². The predicted molar refractivity (Wildman–Crippen MR) is 87.6 cm³/mol. The fourth-order valence-corrected chi connectivity index (χ4v) is 3.96. The summed E-state index contributed by atoms with van der Waals surface area (Å²) in [6.07, 6.45) is 3.76. The van der Waals surface area contributed by atoms with Gasteiger partial charge in [0.15, 0.2) is 6.67 Å². The van der Waals surface area contributed by atoms with Crippen molar-refractivity contribution in [1.82, 2.24) is 10.2 Å². The van der Waals surface area contributed by atoms with Crippen molar-refractivity contribution in [3.63, 3.8) is 0 Å². The molecule has 1 heterocycles. The summed E-state index contributed by atoms with van der Waals surface area (Å²) in [5.74, 6) is -0.209. The summed E-state index contributed by atoms with van der Waals surface area (Å²) in [5.41, 5.74) is 0.134. The van der Waals surface area contributed by atoms with E-state index in [4.69, 9.17) is 0 Å². The van der Waals surface area contributed by atoms with Crippen LogP contribution in [0.4, 0.5) is 9.18 Å². The molecule has 0 bridgehead atoms. The lowest BCUT2D eigenvalue weighted by Gasteiger charge is -2.36. The van der Waals surface area contributed by atoms with Gasteiger partial charge in [0.25, 0.3) is 5.91 Å². The second kappa shape index (κ2) is 6.51. The van der Waals surface area contributed by atoms with E-state index in [1.807, 2.05) is 20.0 Å². The van der Waals surface area contributed by atoms with Crippen LogP contribution in [-0.2, 0) is 11.3 Å². The molecule has 0 radical (unpaired) electrons. The van der Waals surface area contributed by atoms with Crippen molar-refractivity contribution in [1.29, 1.82) is 0 Å². The highest BCUT2D eigenvalue weighted by molar-refractivity contribution is 6.07. The van der Waals surface area contributed by atoms with Gasteiger partial charge in [-0.15, -0.1) is 0 Å². The average molecular weight is 334 g/mol. The SMILES string of the molecule is C[C@H]1CCCC[C@@]12NC(=O)N(C[NH+](C)Cc1cccc(F)c1)C2=O. The lowest BCUT2D eigenvalue weighted by Crippen LogP contribution is -3.09. The molecule has 1 saturated carbocycles. The van der Waals surface area contributed by atoms with Crippen LogP contribution in [0.3, 0.4) is 0 Å². The number of carbonyl (C=O) groups excluding carboxylic acids is 2. The maximum absolute atomic E-state index is 13.3. The highest BCUT2D eigenvalue weighted by Crippen LogP contribution is 2.37. The molecule has 130 valence electrons. The molecule has 1 aromatic carbocycles. The molecule has 1 aliphatic carbocycles. The Hall–Kier alpha value is -1.95. The van der Waals surface area contributed by atoms with Crippen LogP contribution in [0.2, 0.25) is 0 Å². The zero-order valence-electron chi connectivity index (χ0n) is 14.3. The van der Waals surface area contributed by atoms with Crippen molar-refractivity contribution in [3.05, 3.63) is 35.6 Å². The molecule has 1 spiro atoms. The van der Waals surface area contributed by atoms with Crippen molar-refractivity contribution in [2.75, 3.05) is 13.7 Å². The van der Waals surface area contributed by atoms with Crippen molar-refractivity contribution in [2.45, 2.75) is 44.7 Å². The number of benzene rings is 1. The number of quaternary nitrogens is 1. The van der Waals surface area contributed by atoms with Crippen LogP contribution in [0.25, 0.3) is 0 Å². The quantitative estimate of drug-likeness (QED) is 0.816. The number of nitrogens with zero attached hydrogens (tertiary/aromatic N) is 1. The molecular weight excluding hydrogens is 309 g/mol. The van der Waals surface area contributed by atoms with Crippen LogP contribution < -0.4 is 10.2 Å². The maximum atomic E-state index is 13.3. The number of carbonyl (C=O) groups is 2. The van der Waals surface area contributed by atoms with E-state index >= 15 is 0 Å². The number of rotatable bonds is 4. The zero-order chi connectivity index (χ0) is 17.3. The molecule has 6 heteroatoms. The van der Waals surface area contributed by atoms with Gasteiger partial charge in [0.1, 0.15) is 17.9 Å². The Kier molecular flexibility index (Phi) is 4.58. The molecule has 2 N–H and O–H groups in total. The zero-order valence-corrected chi connectivity index (χ0v) is 14.3. The molecular formula is C18H25FN3O2+. The topological polar surface area (TPSA) is 53.9 Å². The van der Waals surface area contributed by atoms with Crippen LogP contribution in [0.15, 0.2) is 24.3 Å². The number of halogens is 1. The summed E-state index contributed by atoms with van der Waals surface area (Å²) in [4.78, 5) is 27.6. The molecule has 3 rings (SSSR count). The lowest BCUT2D eigenvalue weighted by atomic mass is 9.73. The van der Waals surface area contributed by atoms with Crippen LogP contribution in [0, 0.1) is 11.7 Å². The van der Waals surface area contributed by atoms with Crippen molar-refractivity contribution < 1.29 is 18.9 Å². The number of imide groups is 1. The van der Waals surface area contributed by atoms with E-state index in [1.54, 1.807) is 6.07 Å². The third kappa shape index (κ3) is 3.02. The Morgan fingerprint density at radius 2 is 2.17 bits per heavy atom. The van der Waals surface area contributed by atoms with E-state index in [9.17, 15) is 14.0 Å². The maximum Gasteiger partial charge on any atom is 0.329 e. The van der Waals surface area contributed by atoms with E-state index in [1.165, 1.54) is 17.0 Å². The Morgan fingerprint density at radius 3 is 2.88 bits per heavy atom. The van der Waals surface area contributed by atoms with E-state index in [-0.39, 0.29) is 30.3 Å². The molecule has 1 unspecified atom stereocenters. The van der Waals surface area contributed by atoms with Gasteiger partial charge in [0, 0.05) is 5.56 Å². The second-order valence-electron chi connectivity index (χ2n) is 7.20. The van der Waals surface area contributed by atoms with Gasteiger partial charge in [-0.1, -0.05) is 31.9 Å². The Balaban J connectivity index is 1.68. The fourth-order valence-electron chi connectivity index (χ4n) is 3.96. The summed E-state index contributed by atoms with van der Waals surface area (Å²) in [6, 6.07) is 6.12. The molecule has 2 fully saturated rings. The standard InChI is InChI=1S/C18H24FN3O2/c1-13-6-3-4-9-18(13)16(23)22(17(24)20-18)12-21(2)11-14-7-5-8-15(19)10-14/h5,7-8,10,13H,3-4,6,9,11-12H2,1-2H3,(H,20,24)/p+1/t13-,18+/m0/s1. The summed E-state index contributed by atoms with van der Waals surface area (Å²) >= 11 is 0. The van der Waals surface area contributed by atoms with Gasteiger partial charge in [0.05, 0.1) is 7.05 Å². The van der Waals surface area contributed by atoms with Gasteiger partial charge in [-0.25, -0.2) is 14.1 Å². The minimum absolute atomic E-state index is 0.0988. The first-order valence-electron chi connectivity index (χ1n) is 8.62. The third-order valence-corrected chi connectivity index (χ3v) is 5.32. The molecule has 3 atom stereocenters. The van der Waals surface area contributed by atoms with Gasteiger partial charge in [-0.2, -0.15) is 0 Å². The minimum Gasteiger partial charge on any atom is -0.323 e. The first-order chi connectivity index (χ1) is 11.4. The van der Waals surface area contributed by atoms with Gasteiger partial charge >= 0.3 is 6.03 Å². The molecule has 1 aromatic rings. The molecule has 5 nitrogen and oxygen atoms in total. The fraction of sp³-hybridized carbons (Fsp3) is 0.556. The van der Waals surface area contributed by atoms with Gasteiger partial charge in [-0.3, -0.25) is 4.79 Å². The second-order valence-corrected chi connectivity index (χ2v) is 7.20. The monoisotopic (exact) mass is 334 g/mol. The highest BCUT2D eigenvalue weighted by Gasteiger charge is 2.55. The molecule has 1 aliphatic heterocycles. The minimum atomic E-state index is -0.714. The van der Waals surface area contributed by atoms with Gasteiger partial charge in [-0.05, 0) is 30.9 Å². The van der Waals surface area contributed by atoms with Crippen molar-refractivity contribution in [3.8, 4) is 0 Å². The molecule has 3 amide bonds. The van der Waals surface area contributed by atoms with Crippen molar-refractivity contribution in [2.24, 2.45) is 5.92 Å². The van der Waals surface area contributed by atoms with E-state index in [2.05, 4.69) is 5.32 Å². The van der Waals surface area contributed by atoms with Gasteiger partial charge < -0.3 is 10.2 Å². The lowest BCUT2D eigenvalue weighted by molar-refractivity contribution is -0.901. The number of amides is 3. The number of urea groups is 1. The predicted octanol–water partition coefficient (Wildman–Crippen LogP) is 1.30. The molecule has 1 saturated heterocycles. The summed E-state index contributed by atoms with van der Waals surface area (Å²) < 4.78 is 13.3. The molecule has 2 aliphatic rings. The first-order valence-corrected chi connectivity index (χ1v) is 8.62. The highest BCUT2D eigenvalue weighted by atomic mass is 19.1. The van der Waals surface area contributed by atoms with Crippen molar-refractivity contribution >= 4 is 11.9 Å². The Morgan fingerprint density at radius 1 is 1.38 bits per heavy atom. The molecule has 24 heavy (non-hydrogen) atoms. The smallest absolute Gasteiger partial charge is 0.323 e. The van der Waals surface area contributed by atoms with E-state index < -0.39 is 5.54 Å².